The Kier molecular flexibility index (Phi) is 0.906. The molecule has 0 aromatic carbocycles. The fraction of sp³-hybridized carbons (Fsp3) is 0. The molecule has 0 saturated heterocycles. The maximum Gasteiger partial charge on any atom is 0.144 e. The summed E-state index contributed by atoms with van der Waals surface area (Å²) in [6, 6.07) is 0. The number of nitrogens with two attached hydrogens (primary N) is 2. The van der Waals surface area contributed by atoms with Crippen LogP contribution in [0.3, 0.4) is 0 Å². The summed E-state index contributed by atoms with van der Waals surface area (Å²) < 4.78 is 1.62. The molecule has 0 radical (unpaired) electrons. The lowest BCUT2D eigenvalue weighted by atomic mass is 10.6. The van der Waals surface area contributed by atoms with Crippen LogP contribution < -0.4 is 11.5 Å². The zero-order valence-electron chi connectivity index (χ0n) is 5.11. The summed E-state index contributed by atoms with van der Waals surface area (Å²) in [6.45, 7) is 0. The Labute approximate surface area is 61.1 Å². The van der Waals surface area contributed by atoms with Crippen LogP contribution in [-0.4, -0.2) is 9.61 Å². The highest BCUT2D eigenvalue weighted by Crippen LogP contribution is 2.22. The molecule has 0 bridgehead atoms. The molecule has 0 spiro atoms. The zero-order chi connectivity index (χ0) is 7.14. The van der Waals surface area contributed by atoms with E-state index in [1.165, 1.54) is 11.3 Å². The van der Waals surface area contributed by atoms with Crippen LogP contribution >= 0.6 is 11.3 Å². The third-order valence-electron chi connectivity index (χ3n) is 1.29. The fourth-order valence-corrected chi connectivity index (χ4v) is 1.59. The standard InChI is InChI=1S/C5H6N4S/c6-3-1-8-9-4(7)2-10-5(3)9/h1-2H,6-7H2. The van der Waals surface area contributed by atoms with E-state index in [4.69, 9.17) is 11.5 Å². The van der Waals surface area contributed by atoms with Crippen LogP contribution in [0.15, 0.2) is 11.6 Å². The summed E-state index contributed by atoms with van der Waals surface area (Å²) in [4.78, 5) is 0.914. The van der Waals surface area contributed by atoms with Gasteiger partial charge in [-0.05, 0) is 0 Å². The van der Waals surface area contributed by atoms with E-state index in [-0.39, 0.29) is 0 Å². The largest absolute Gasteiger partial charge is 0.395 e. The normalized spacial score (nSPS) is 10.8. The van der Waals surface area contributed by atoms with Gasteiger partial charge in [0.25, 0.3) is 0 Å². The van der Waals surface area contributed by atoms with Crippen LogP contribution in [0.2, 0.25) is 0 Å². The summed E-state index contributed by atoms with van der Waals surface area (Å²) in [5.74, 6) is 0.636. The molecule has 0 aliphatic heterocycles. The number of fused-ring (bicyclic) bond motifs is 1. The predicted octanol–water partition coefficient (Wildman–Crippen LogP) is 0.560. The molecule has 52 valence electrons. The highest BCUT2D eigenvalue weighted by Gasteiger charge is 2.03. The molecule has 2 heterocycles. The number of aromatic nitrogens is 2. The molecule has 0 aliphatic carbocycles. The van der Waals surface area contributed by atoms with E-state index in [9.17, 15) is 0 Å². The molecule has 0 atom stereocenters. The van der Waals surface area contributed by atoms with Crippen LogP contribution in [0.1, 0.15) is 0 Å². The van der Waals surface area contributed by atoms with Crippen LogP contribution in [0.4, 0.5) is 11.5 Å². The maximum atomic E-state index is 5.56. The molecule has 10 heavy (non-hydrogen) atoms. The van der Waals surface area contributed by atoms with Gasteiger partial charge in [0, 0.05) is 5.38 Å². The SMILES string of the molecule is Nc1cnn2c(N)csc12. The Morgan fingerprint density at radius 3 is 3.00 bits per heavy atom. The monoisotopic (exact) mass is 154 g/mol. The fourth-order valence-electron chi connectivity index (χ4n) is 0.818. The topological polar surface area (TPSA) is 69.3 Å². The van der Waals surface area contributed by atoms with Gasteiger partial charge in [-0.15, -0.1) is 11.3 Å². The smallest absolute Gasteiger partial charge is 0.144 e. The number of nitrogen functional groups attached to an aromatic ring is 2. The van der Waals surface area contributed by atoms with Gasteiger partial charge >= 0.3 is 0 Å². The van der Waals surface area contributed by atoms with Gasteiger partial charge in [-0.25, -0.2) is 4.52 Å². The number of hydrogen-bond donors (Lipinski definition) is 2. The van der Waals surface area contributed by atoms with Crippen LogP contribution in [0.25, 0.3) is 4.83 Å². The summed E-state index contributed by atoms with van der Waals surface area (Å²) in [6.07, 6.45) is 1.60. The van der Waals surface area contributed by atoms with E-state index in [2.05, 4.69) is 5.10 Å². The van der Waals surface area contributed by atoms with Crippen molar-refractivity contribution in [2.75, 3.05) is 11.5 Å². The molecule has 2 aromatic rings. The lowest BCUT2D eigenvalue weighted by Crippen LogP contribution is -1.91. The van der Waals surface area contributed by atoms with Gasteiger partial charge in [-0.1, -0.05) is 0 Å². The minimum atomic E-state index is 0.636. The third kappa shape index (κ3) is 0.522. The van der Waals surface area contributed by atoms with Crippen molar-refractivity contribution in [1.82, 2.24) is 9.61 Å². The van der Waals surface area contributed by atoms with Crippen molar-refractivity contribution in [3.63, 3.8) is 0 Å². The van der Waals surface area contributed by atoms with Gasteiger partial charge in [0.05, 0.1) is 11.9 Å². The lowest BCUT2D eigenvalue weighted by Gasteiger charge is -1.83. The van der Waals surface area contributed by atoms with Crippen molar-refractivity contribution >= 4 is 27.7 Å². The summed E-state index contributed by atoms with van der Waals surface area (Å²) in [5.41, 5.74) is 11.8. The van der Waals surface area contributed by atoms with Gasteiger partial charge in [0.1, 0.15) is 10.6 Å². The Morgan fingerprint density at radius 1 is 1.50 bits per heavy atom. The molecular formula is C5H6N4S. The first-order valence-electron chi connectivity index (χ1n) is 2.75. The van der Waals surface area contributed by atoms with Crippen LogP contribution in [-0.2, 0) is 0 Å². The van der Waals surface area contributed by atoms with Gasteiger partial charge in [0.15, 0.2) is 0 Å². The lowest BCUT2D eigenvalue weighted by molar-refractivity contribution is 0.989. The first-order valence-corrected chi connectivity index (χ1v) is 3.63. The van der Waals surface area contributed by atoms with E-state index in [1.807, 2.05) is 5.38 Å². The van der Waals surface area contributed by atoms with Crippen molar-refractivity contribution in [2.24, 2.45) is 0 Å². The third-order valence-corrected chi connectivity index (χ3v) is 2.28. The second-order valence-corrected chi connectivity index (χ2v) is 2.84. The summed E-state index contributed by atoms with van der Waals surface area (Å²) >= 11 is 1.50. The van der Waals surface area contributed by atoms with Gasteiger partial charge < -0.3 is 11.5 Å². The molecule has 0 saturated carbocycles. The molecular weight excluding hydrogens is 148 g/mol. The number of nitrogens with zero attached hydrogens (tertiary/aromatic N) is 2. The van der Waals surface area contributed by atoms with Gasteiger partial charge in [-0.2, -0.15) is 5.10 Å². The van der Waals surface area contributed by atoms with E-state index >= 15 is 0 Å². The molecule has 2 rings (SSSR count). The van der Waals surface area contributed by atoms with Crippen LogP contribution in [0, 0.1) is 0 Å². The van der Waals surface area contributed by atoms with Crippen molar-refractivity contribution < 1.29 is 0 Å². The Morgan fingerprint density at radius 2 is 2.30 bits per heavy atom. The number of anilines is 2. The molecule has 0 fully saturated rings. The molecule has 0 aliphatic rings. The van der Waals surface area contributed by atoms with Crippen molar-refractivity contribution in [1.29, 1.82) is 0 Å². The van der Waals surface area contributed by atoms with Crippen molar-refractivity contribution in [3.8, 4) is 0 Å². The Hall–Kier alpha value is -1.23. The molecule has 2 aromatic heterocycles. The Balaban J connectivity index is 2.95. The average molecular weight is 154 g/mol. The Bertz CT molecular complexity index is 324. The first kappa shape index (κ1) is 5.55. The highest BCUT2D eigenvalue weighted by molar-refractivity contribution is 7.16. The number of thiazole rings is 1. The average Bonchev–Trinajstić information content (AvgIpc) is 2.41. The van der Waals surface area contributed by atoms with E-state index in [1.54, 1.807) is 10.7 Å². The minimum Gasteiger partial charge on any atom is -0.395 e. The number of hydrogen-bond acceptors (Lipinski definition) is 4. The second kappa shape index (κ2) is 1.63. The molecule has 0 amide bonds. The van der Waals surface area contributed by atoms with Gasteiger partial charge in [0.2, 0.25) is 0 Å². The molecule has 5 heteroatoms. The van der Waals surface area contributed by atoms with Crippen molar-refractivity contribution in [3.05, 3.63) is 11.6 Å². The predicted molar refractivity (Wildman–Crippen MR) is 41.9 cm³/mol. The highest BCUT2D eigenvalue weighted by atomic mass is 32.1. The van der Waals surface area contributed by atoms with E-state index < -0.39 is 0 Å². The van der Waals surface area contributed by atoms with E-state index in [0.29, 0.717) is 11.5 Å². The quantitative estimate of drug-likeness (QED) is 0.582. The maximum absolute atomic E-state index is 5.56. The summed E-state index contributed by atoms with van der Waals surface area (Å²) in [5, 5.41) is 5.77. The minimum absolute atomic E-state index is 0.636. The van der Waals surface area contributed by atoms with Crippen molar-refractivity contribution in [2.45, 2.75) is 0 Å². The molecule has 4 nitrogen and oxygen atoms in total. The second-order valence-electron chi connectivity index (χ2n) is 1.98. The molecule has 0 unspecified atom stereocenters. The zero-order valence-corrected chi connectivity index (χ0v) is 5.93. The van der Waals surface area contributed by atoms with Crippen LogP contribution in [0.5, 0.6) is 0 Å². The molecule has 4 N–H and O–H groups in total. The first-order chi connectivity index (χ1) is 4.79. The summed E-state index contributed by atoms with van der Waals surface area (Å²) in [7, 11) is 0. The number of rotatable bonds is 0. The van der Waals surface area contributed by atoms with Gasteiger partial charge in [-0.3, -0.25) is 0 Å². The van der Waals surface area contributed by atoms with E-state index in [0.717, 1.165) is 4.83 Å².